The van der Waals surface area contributed by atoms with Gasteiger partial charge in [-0.1, -0.05) is 0 Å². The Hall–Kier alpha value is -1.66. The molecule has 1 aromatic rings. The van der Waals surface area contributed by atoms with E-state index in [0.29, 0.717) is 24.5 Å². The molecule has 1 aromatic carbocycles. The fraction of sp³-hybridized carbons (Fsp3) is 0.500. The molecule has 98 valence electrons. The van der Waals surface area contributed by atoms with Crippen molar-refractivity contribution in [1.82, 2.24) is 0 Å². The van der Waals surface area contributed by atoms with Gasteiger partial charge in [0.2, 0.25) is 0 Å². The van der Waals surface area contributed by atoms with Crippen molar-refractivity contribution in [2.75, 3.05) is 13.2 Å². The van der Waals surface area contributed by atoms with Gasteiger partial charge in [0.15, 0.2) is 0 Å². The summed E-state index contributed by atoms with van der Waals surface area (Å²) in [5, 5.41) is 20.3. The average Bonchev–Trinajstić information content (AvgIpc) is 2.81. The zero-order valence-corrected chi connectivity index (χ0v) is 10.0. The van der Waals surface area contributed by atoms with Crippen LogP contribution in [0.2, 0.25) is 0 Å². The van der Waals surface area contributed by atoms with E-state index in [4.69, 9.17) is 9.47 Å². The number of hydrogen-bond donors (Lipinski definition) is 1. The monoisotopic (exact) mass is 253 g/mol. The molecule has 0 amide bonds. The molecule has 1 aliphatic heterocycles. The fourth-order valence-electron chi connectivity index (χ4n) is 1.87. The summed E-state index contributed by atoms with van der Waals surface area (Å²) < 4.78 is 10.9. The number of aliphatic hydroxyl groups excluding tert-OH is 1. The predicted molar refractivity (Wildman–Crippen MR) is 63.6 cm³/mol. The van der Waals surface area contributed by atoms with Crippen LogP contribution in [-0.2, 0) is 4.74 Å². The summed E-state index contributed by atoms with van der Waals surface area (Å²) in [6.07, 6.45) is -0.0813. The van der Waals surface area contributed by atoms with Crippen LogP contribution in [-0.4, -0.2) is 29.3 Å². The van der Waals surface area contributed by atoms with Gasteiger partial charge in [-0.15, -0.1) is 0 Å². The molecule has 2 rings (SSSR count). The van der Waals surface area contributed by atoms with Gasteiger partial charge in [-0.2, -0.15) is 0 Å². The number of rotatable bonds is 4. The van der Waals surface area contributed by atoms with Gasteiger partial charge in [0, 0.05) is 24.1 Å². The van der Waals surface area contributed by atoms with Crippen molar-refractivity contribution in [2.24, 2.45) is 0 Å². The third-order valence-electron chi connectivity index (χ3n) is 2.84. The lowest BCUT2D eigenvalue weighted by Crippen LogP contribution is -2.17. The Morgan fingerprint density at radius 3 is 2.94 bits per heavy atom. The predicted octanol–water partition coefficient (Wildman–Crippen LogP) is 1.82. The van der Waals surface area contributed by atoms with Gasteiger partial charge in [0.05, 0.1) is 24.2 Å². The number of benzene rings is 1. The van der Waals surface area contributed by atoms with Crippen LogP contribution in [0.3, 0.4) is 0 Å². The van der Waals surface area contributed by atoms with E-state index < -0.39 is 11.0 Å². The molecule has 0 saturated carbocycles. The highest BCUT2D eigenvalue weighted by Gasteiger charge is 2.21. The van der Waals surface area contributed by atoms with Crippen LogP contribution in [0.25, 0.3) is 0 Å². The summed E-state index contributed by atoms with van der Waals surface area (Å²) in [7, 11) is 0. The second-order valence-electron chi connectivity index (χ2n) is 4.26. The van der Waals surface area contributed by atoms with Crippen molar-refractivity contribution in [3.63, 3.8) is 0 Å². The molecule has 2 atom stereocenters. The molecular weight excluding hydrogens is 238 g/mol. The van der Waals surface area contributed by atoms with Gasteiger partial charge in [0.1, 0.15) is 11.9 Å². The molecule has 1 N–H and O–H groups in total. The Morgan fingerprint density at radius 1 is 1.61 bits per heavy atom. The molecular formula is C12H15NO5. The normalized spacial score (nSPS) is 20.7. The third kappa shape index (κ3) is 2.77. The molecule has 1 saturated heterocycles. The third-order valence-corrected chi connectivity index (χ3v) is 2.84. The second kappa shape index (κ2) is 5.32. The van der Waals surface area contributed by atoms with E-state index in [1.54, 1.807) is 6.92 Å². The van der Waals surface area contributed by atoms with Crippen LogP contribution >= 0.6 is 0 Å². The van der Waals surface area contributed by atoms with Crippen molar-refractivity contribution < 1.29 is 19.5 Å². The molecule has 18 heavy (non-hydrogen) atoms. The largest absolute Gasteiger partial charge is 0.488 e. The maximum Gasteiger partial charge on any atom is 0.270 e. The first-order chi connectivity index (χ1) is 8.58. The summed E-state index contributed by atoms with van der Waals surface area (Å²) in [5.41, 5.74) is 0.372. The van der Waals surface area contributed by atoms with Crippen LogP contribution < -0.4 is 4.74 Å². The quantitative estimate of drug-likeness (QED) is 0.653. The van der Waals surface area contributed by atoms with E-state index in [0.717, 1.165) is 6.42 Å². The van der Waals surface area contributed by atoms with Crippen molar-refractivity contribution in [2.45, 2.75) is 25.6 Å². The summed E-state index contributed by atoms with van der Waals surface area (Å²) >= 11 is 0. The first kappa shape index (κ1) is 12.8. The van der Waals surface area contributed by atoms with E-state index >= 15 is 0 Å². The lowest BCUT2D eigenvalue weighted by Gasteiger charge is -2.16. The van der Waals surface area contributed by atoms with Gasteiger partial charge in [0.25, 0.3) is 5.69 Å². The van der Waals surface area contributed by atoms with E-state index in [1.807, 2.05) is 0 Å². The van der Waals surface area contributed by atoms with Gasteiger partial charge >= 0.3 is 0 Å². The number of hydrogen-bond acceptors (Lipinski definition) is 5. The average molecular weight is 253 g/mol. The molecule has 0 bridgehead atoms. The molecule has 6 nitrogen and oxygen atoms in total. The van der Waals surface area contributed by atoms with Gasteiger partial charge in [-0.05, 0) is 13.0 Å². The molecule has 1 aliphatic rings. The molecule has 6 heteroatoms. The first-order valence-electron chi connectivity index (χ1n) is 5.78. The lowest BCUT2D eigenvalue weighted by molar-refractivity contribution is -0.385. The van der Waals surface area contributed by atoms with E-state index in [-0.39, 0.29) is 11.8 Å². The first-order valence-corrected chi connectivity index (χ1v) is 5.78. The minimum Gasteiger partial charge on any atom is -0.488 e. The van der Waals surface area contributed by atoms with Crippen molar-refractivity contribution in [1.29, 1.82) is 0 Å². The molecule has 0 aromatic heterocycles. The fourth-order valence-corrected chi connectivity index (χ4v) is 1.87. The second-order valence-corrected chi connectivity index (χ2v) is 4.26. The maximum atomic E-state index is 10.7. The molecule has 1 fully saturated rings. The standard InChI is InChI=1S/C12H15NO5/c1-8(14)11-6-9(13(15)16)2-3-12(11)18-10-4-5-17-7-10/h2-3,6,8,10,14H,4-5,7H2,1H3. The van der Waals surface area contributed by atoms with Gasteiger partial charge in [-0.3, -0.25) is 10.1 Å². The Bertz CT molecular complexity index is 440. The summed E-state index contributed by atoms with van der Waals surface area (Å²) in [5.74, 6) is 0.478. The van der Waals surface area contributed by atoms with Gasteiger partial charge < -0.3 is 14.6 Å². The number of nitrogens with zero attached hydrogens (tertiary/aromatic N) is 1. The zero-order chi connectivity index (χ0) is 13.1. The molecule has 0 spiro atoms. The van der Waals surface area contributed by atoms with E-state index in [2.05, 4.69) is 0 Å². The number of aliphatic hydroxyl groups is 1. The minimum atomic E-state index is -0.817. The Morgan fingerprint density at radius 2 is 2.39 bits per heavy atom. The van der Waals surface area contributed by atoms with Crippen molar-refractivity contribution in [3.8, 4) is 5.75 Å². The van der Waals surface area contributed by atoms with Crippen LogP contribution in [0.5, 0.6) is 5.75 Å². The highest BCUT2D eigenvalue weighted by molar-refractivity contribution is 5.44. The van der Waals surface area contributed by atoms with Crippen LogP contribution in [0.4, 0.5) is 5.69 Å². The number of non-ortho nitro benzene ring substituents is 1. The lowest BCUT2D eigenvalue weighted by atomic mass is 10.1. The van der Waals surface area contributed by atoms with Crippen LogP contribution in [0, 0.1) is 10.1 Å². The zero-order valence-electron chi connectivity index (χ0n) is 10.0. The van der Waals surface area contributed by atoms with Crippen LogP contribution in [0.1, 0.15) is 25.0 Å². The van der Waals surface area contributed by atoms with E-state index in [9.17, 15) is 15.2 Å². The van der Waals surface area contributed by atoms with Crippen molar-refractivity contribution in [3.05, 3.63) is 33.9 Å². The SMILES string of the molecule is CC(O)c1cc([N+](=O)[O-])ccc1OC1CCOC1. The smallest absolute Gasteiger partial charge is 0.270 e. The minimum absolute atomic E-state index is 0.0519. The molecule has 0 radical (unpaired) electrons. The number of nitro benzene ring substituents is 1. The topological polar surface area (TPSA) is 81.8 Å². The highest BCUT2D eigenvalue weighted by atomic mass is 16.6. The van der Waals surface area contributed by atoms with Crippen molar-refractivity contribution >= 4 is 5.69 Å². The molecule has 1 heterocycles. The summed E-state index contributed by atoms with van der Waals surface area (Å²) in [6, 6.07) is 4.24. The van der Waals surface area contributed by atoms with E-state index in [1.165, 1.54) is 18.2 Å². The number of ether oxygens (including phenoxy) is 2. The van der Waals surface area contributed by atoms with Crippen LogP contribution in [0.15, 0.2) is 18.2 Å². The highest BCUT2D eigenvalue weighted by Crippen LogP contribution is 2.30. The Labute approximate surface area is 104 Å². The number of nitro groups is 1. The molecule has 0 aliphatic carbocycles. The Balaban J connectivity index is 2.25. The Kier molecular flexibility index (Phi) is 3.78. The van der Waals surface area contributed by atoms with Gasteiger partial charge in [-0.25, -0.2) is 0 Å². The maximum absolute atomic E-state index is 10.7. The summed E-state index contributed by atoms with van der Waals surface area (Å²) in [4.78, 5) is 10.2. The molecule has 2 unspecified atom stereocenters. The summed E-state index contributed by atoms with van der Waals surface area (Å²) in [6.45, 7) is 2.72.